The molecule has 0 amide bonds. The summed E-state index contributed by atoms with van der Waals surface area (Å²) in [6.07, 6.45) is 2.99. The third-order valence-corrected chi connectivity index (χ3v) is 2.76. The minimum absolute atomic E-state index is 0.0182. The van der Waals surface area contributed by atoms with E-state index in [1.165, 1.54) is 17.7 Å². The van der Waals surface area contributed by atoms with Gasteiger partial charge in [0.15, 0.2) is 0 Å². The topological polar surface area (TPSA) is 50.1 Å². The second-order valence-corrected chi connectivity index (χ2v) is 5.43. The minimum atomic E-state index is -0.632. The van der Waals surface area contributed by atoms with E-state index in [-0.39, 0.29) is 17.6 Å². The second-order valence-electron chi connectivity index (χ2n) is 5.43. The first-order valence-corrected chi connectivity index (χ1v) is 6.39. The summed E-state index contributed by atoms with van der Waals surface area (Å²) in [6, 6.07) is 9.62. The number of carbonyl (C=O) groups is 1. The highest BCUT2D eigenvalue weighted by Crippen LogP contribution is 2.22. The zero-order valence-electron chi connectivity index (χ0n) is 12.1. The molecular formula is C17H19NO2. The fourth-order valence-electron chi connectivity index (χ4n) is 1.60. The number of hydrogen-bond donors (Lipinski definition) is 0. The Hall–Kier alpha value is -2.34. The van der Waals surface area contributed by atoms with E-state index in [9.17, 15) is 4.79 Å². The van der Waals surface area contributed by atoms with Gasteiger partial charge in [0.25, 0.3) is 0 Å². The van der Waals surface area contributed by atoms with Crippen molar-refractivity contribution in [3.63, 3.8) is 0 Å². The summed E-state index contributed by atoms with van der Waals surface area (Å²) >= 11 is 0. The number of carbonyl (C=O) groups excluding carboxylic acids is 1. The van der Waals surface area contributed by atoms with Crippen molar-refractivity contribution in [3.05, 3.63) is 53.6 Å². The molecule has 0 saturated carbocycles. The summed E-state index contributed by atoms with van der Waals surface area (Å²) in [5, 5.41) is 9.00. The van der Waals surface area contributed by atoms with Crippen molar-refractivity contribution in [2.75, 3.05) is 6.61 Å². The van der Waals surface area contributed by atoms with Crippen molar-refractivity contribution in [2.45, 2.75) is 26.2 Å². The first kappa shape index (κ1) is 15.7. The van der Waals surface area contributed by atoms with Crippen LogP contribution >= 0.6 is 0 Å². The number of ether oxygens (including phenoxy) is 1. The Morgan fingerprint density at radius 2 is 1.95 bits per heavy atom. The molecule has 1 aromatic carbocycles. The quantitative estimate of drug-likeness (QED) is 0.363. The van der Waals surface area contributed by atoms with Gasteiger partial charge in [0.05, 0.1) is 0 Å². The van der Waals surface area contributed by atoms with Crippen molar-refractivity contribution in [1.82, 2.24) is 0 Å². The molecule has 0 fully saturated rings. The Labute approximate surface area is 120 Å². The van der Waals surface area contributed by atoms with Crippen LogP contribution in [0.1, 0.15) is 31.9 Å². The van der Waals surface area contributed by atoms with Crippen LogP contribution in [0.25, 0.3) is 6.08 Å². The summed E-state index contributed by atoms with van der Waals surface area (Å²) in [4.78, 5) is 11.6. The van der Waals surface area contributed by atoms with Gasteiger partial charge in [-0.05, 0) is 22.6 Å². The molecule has 1 rings (SSSR count). The Balaban J connectivity index is 2.94. The molecule has 0 bridgehead atoms. The largest absolute Gasteiger partial charge is 0.457 e. The number of rotatable bonds is 4. The monoisotopic (exact) mass is 269 g/mol. The summed E-state index contributed by atoms with van der Waals surface area (Å²) in [5.74, 6) is -0.632. The molecule has 104 valence electrons. The Bertz CT molecular complexity index is 554. The normalized spacial score (nSPS) is 11.6. The maximum Gasteiger partial charge on any atom is 0.349 e. The predicted molar refractivity (Wildman–Crippen MR) is 79.9 cm³/mol. The van der Waals surface area contributed by atoms with Crippen molar-refractivity contribution >= 4 is 12.0 Å². The molecule has 0 atom stereocenters. The van der Waals surface area contributed by atoms with Crippen molar-refractivity contribution in [3.8, 4) is 6.07 Å². The van der Waals surface area contributed by atoms with Crippen molar-refractivity contribution in [2.24, 2.45) is 0 Å². The summed E-state index contributed by atoms with van der Waals surface area (Å²) < 4.78 is 4.85. The lowest BCUT2D eigenvalue weighted by atomic mass is 9.86. The van der Waals surface area contributed by atoms with E-state index >= 15 is 0 Å². The van der Waals surface area contributed by atoms with Crippen LogP contribution in [-0.2, 0) is 14.9 Å². The van der Waals surface area contributed by atoms with Gasteiger partial charge in [-0.2, -0.15) is 5.26 Å². The molecule has 0 N–H and O–H groups in total. The summed E-state index contributed by atoms with van der Waals surface area (Å²) in [5.41, 5.74) is 2.05. The van der Waals surface area contributed by atoms with Crippen LogP contribution < -0.4 is 0 Å². The van der Waals surface area contributed by atoms with Gasteiger partial charge in [-0.25, -0.2) is 4.79 Å². The van der Waals surface area contributed by atoms with Crippen LogP contribution in [0.5, 0.6) is 0 Å². The van der Waals surface area contributed by atoms with E-state index in [0.29, 0.717) is 0 Å². The molecule has 0 spiro atoms. The van der Waals surface area contributed by atoms with E-state index in [0.717, 1.165) is 5.56 Å². The molecule has 0 unspecified atom stereocenters. The van der Waals surface area contributed by atoms with Gasteiger partial charge in [-0.15, -0.1) is 0 Å². The van der Waals surface area contributed by atoms with Crippen LogP contribution in [-0.4, -0.2) is 12.6 Å². The van der Waals surface area contributed by atoms with Gasteiger partial charge < -0.3 is 4.74 Å². The maximum atomic E-state index is 11.6. The van der Waals surface area contributed by atoms with Crippen LogP contribution in [0, 0.1) is 11.3 Å². The Morgan fingerprint density at radius 3 is 2.40 bits per heavy atom. The summed E-state index contributed by atoms with van der Waals surface area (Å²) in [7, 11) is 0. The lowest BCUT2D eigenvalue weighted by molar-refractivity contribution is -0.137. The fourth-order valence-corrected chi connectivity index (χ4v) is 1.60. The van der Waals surface area contributed by atoms with Crippen LogP contribution in [0.3, 0.4) is 0 Å². The van der Waals surface area contributed by atoms with Gasteiger partial charge in [-0.3, -0.25) is 0 Å². The molecule has 3 nitrogen and oxygen atoms in total. The van der Waals surface area contributed by atoms with Crippen molar-refractivity contribution in [1.29, 1.82) is 5.26 Å². The van der Waals surface area contributed by atoms with E-state index < -0.39 is 5.97 Å². The number of benzene rings is 1. The Kier molecular flexibility index (Phi) is 5.28. The average Bonchev–Trinajstić information content (AvgIpc) is 2.41. The number of nitriles is 1. The van der Waals surface area contributed by atoms with Gasteiger partial charge in [0.2, 0.25) is 0 Å². The standard InChI is InChI=1S/C17H19NO2/c1-5-10-20-16(19)14(12-18)11-13-6-8-15(9-7-13)17(2,3)4/h5-9,11H,1,10H2,2-4H3. The first-order chi connectivity index (χ1) is 9.38. The van der Waals surface area contributed by atoms with Gasteiger partial charge >= 0.3 is 5.97 Å². The van der Waals surface area contributed by atoms with Crippen LogP contribution in [0.2, 0.25) is 0 Å². The molecule has 0 aliphatic heterocycles. The molecule has 0 radical (unpaired) electrons. The van der Waals surface area contributed by atoms with Crippen LogP contribution in [0.4, 0.5) is 0 Å². The number of hydrogen-bond acceptors (Lipinski definition) is 3. The highest BCUT2D eigenvalue weighted by atomic mass is 16.5. The highest BCUT2D eigenvalue weighted by molar-refractivity contribution is 5.97. The summed E-state index contributed by atoms with van der Waals surface area (Å²) in [6.45, 7) is 9.94. The fraction of sp³-hybridized carbons (Fsp3) is 0.294. The third kappa shape index (κ3) is 4.40. The zero-order chi connectivity index (χ0) is 15.2. The first-order valence-electron chi connectivity index (χ1n) is 6.39. The van der Waals surface area contributed by atoms with Gasteiger partial charge in [0, 0.05) is 0 Å². The molecule has 3 heteroatoms. The highest BCUT2D eigenvalue weighted by Gasteiger charge is 2.13. The molecular weight excluding hydrogens is 250 g/mol. The second kappa shape index (κ2) is 6.72. The molecule has 20 heavy (non-hydrogen) atoms. The van der Waals surface area contributed by atoms with E-state index in [4.69, 9.17) is 10.00 Å². The van der Waals surface area contributed by atoms with E-state index in [1.54, 1.807) is 0 Å². The zero-order valence-corrected chi connectivity index (χ0v) is 12.1. The molecule has 1 aromatic rings. The SMILES string of the molecule is C=CCOC(=O)C(C#N)=Cc1ccc(C(C)(C)C)cc1. The molecule has 0 aromatic heterocycles. The minimum Gasteiger partial charge on any atom is -0.457 e. The Morgan fingerprint density at radius 1 is 1.35 bits per heavy atom. The molecule has 0 aliphatic carbocycles. The van der Waals surface area contributed by atoms with Crippen molar-refractivity contribution < 1.29 is 9.53 Å². The number of nitrogens with zero attached hydrogens (tertiary/aromatic N) is 1. The third-order valence-electron chi connectivity index (χ3n) is 2.76. The maximum absolute atomic E-state index is 11.6. The average molecular weight is 269 g/mol. The number of esters is 1. The van der Waals surface area contributed by atoms with Gasteiger partial charge in [0.1, 0.15) is 18.2 Å². The lowest BCUT2D eigenvalue weighted by Gasteiger charge is -2.18. The molecule has 0 saturated heterocycles. The smallest absolute Gasteiger partial charge is 0.349 e. The van der Waals surface area contributed by atoms with E-state index in [1.807, 2.05) is 30.3 Å². The van der Waals surface area contributed by atoms with Crippen LogP contribution in [0.15, 0.2) is 42.5 Å². The lowest BCUT2D eigenvalue weighted by Crippen LogP contribution is -2.10. The molecule has 0 heterocycles. The predicted octanol–water partition coefficient (Wildman–Crippen LogP) is 3.62. The van der Waals surface area contributed by atoms with E-state index in [2.05, 4.69) is 27.4 Å². The van der Waals surface area contributed by atoms with Gasteiger partial charge in [-0.1, -0.05) is 57.7 Å². The molecule has 0 aliphatic rings.